The molecule has 1 aliphatic rings. The average Bonchev–Trinajstić information content (AvgIpc) is 2.71. The van der Waals surface area contributed by atoms with Gasteiger partial charge < -0.3 is 5.32 Å². The van der Waals surface area contributed by atoms with Crippen molar-refractivity contribution >= 4 is 22.4 Å². The third-order valence-corrected chi connectivity index (χ3v) is 5.01. The Hall–Kier alpha value is -1.23. The van der Waals surface area contributed by atoms with Gasteiger partial charge in [-0.1, -0.05) is 50.7 Å². The maximum absolute atomic E-state index is 12.4. The normalized spacial score (nSPS) is 23.6. The van der Waals surface area contributed by atoms with E-state index in [-0.39, 0.29) is 17.2 Å². The van der Waals surface area contributed by atoms with Crippen LogP contribution in [0.3, 0.4) is 0 Å². The zero-order chi connectivity index (χ0) is 15.1. The highest BCUT2D eigenvalue weighted by Gasteiger charge is 2.60. The molecule has 0 spiro atoms. The lowest BCUT2D eigenvalue weighted by Crippen LogP contribution is -2.16. The minimum Gasteiger partial charge on any atom is -0.300 e. The summed E-state index contributed by atoms with van der Waals surface area (Å²) in [5, 5.41) is 12.6. The summed E-state index contributed by atoms with van der Waals surface area (Å²) in [6.07, 6.45) is 2.20. The van der Waals surface area contributed by atoms with Gasteiger partial charge in [0.25, 0.3) is 0 Å². The Morgan fingerprint density at radius 3 is 2.50 bits per heavy atom. The Balaban J connectivity index is 2.04. The van der Waals surface area contributed by atoms with Crippen molar-refractivity contribution in [3.63, 3.8) is 0 Å². The van der Waals surface area contributed by atoms with E-state index in [9.17, 15) is 4.79 Å². The molecule has 1 aliphatic carbocycles. The van der Waals surface area contributed by atoms with E-state index in [1.54, 1.807) is 0 Å². The second-order valence-corrected chi connectivity index (χ2v) is 7.67. The summed E-state index contributed by atoms with van der Waals surface area (Å²) in [6, 6.07) is 0. The Kier molecular flexibility index (Phi) is 4.00. The first-order valence-corrected chi connectivity index (χ1v) is 7.84. The minimum absolute atomic E-state index is 0.0313. The quantitative estimate of drug-likeness (QED) is 0.858. The molecule has 0 bridgehead atoms. The van der Waals surface area contributed by atoms with Crippen LogP contribution in [0, 0.1) is 17.3 Å². The van der Waals surface area contributed by atoms with E-state index in [4.69, 9.17) is 0 Å². The highest BCUT2D eigenvalue weighted by Crippen LogP contribution is 2.59. The van der Waals surface area contributed by atoms with Gasteiger partial charge in [-0.25, -0.2) is 0 Å². The standard InChI is InChI=1S/C15H23N3OS/c1-8(2)7-10-11(15(10,5)6)12(19)16-14-18-17-13(20-14)9(3)4/h7,9-11H,1-6H3,(H,16,18,19)/t10-,11+/m1/s1. The number of carbonyl (C=O) groups excluding carboxylic acids is 1. The van der Waals surface area contributed by atoms with E-state index in [0.29, 0.717) is 17.0 Å². The van der Waals surface area contributed by atoms with Crippen molar-refractivity contribution in [2.45, 2.75) is 47.5 Å². The molecule has 1 aromatic rings. The van der Waals surface area contributed by atoms with Gasteiger partial charge in [-0.15, -0.1) is 10.2 Å². The fourth-order valence-corrected chi connectivity index (χ4v) is 3.30. The lowest BCUT2D eigenvalue weighted by molar-refractivity contribution is -0.118. The topological polar surface area (TPSA) is 54.9 Å². The largest absolute Gasteiger partial charge is 0.300 e. The fourth-order valence-electron chi connectivity index (χ4n) is 2.55. The van der Waals surface area contributed by atoms with Crippen molar-refractivity contribution in [1.82, 2.24) is 10.2 Å². The molecule has 1 heterocycles. The number of amides is 1. The number of aromatic nitrogens is 2. The molecule has 1 aromatic heterocycles. The molecule has 0 saturated heterocycles. The van der Waals surface area contributed by atoms with Crippen molar-refractivity contribution in [1.29, 1.82) is 0 Å². The van der Waals surface area contributed by atoms with Crippen molar-refractivity contribution in [2.75, 3.05) is 5.32 Å². The maximum Gasteiger partial charge on any atom is 0.230 e. The molecule has 4 nitrogen and oxygen atoms in total. The van der Waals surface area contributed by atoms with Crippen LogP contribution in [0.4, 0.5) is 5.13 Å². The average molecular weight is 293 g/mol. The predicted octanol–water partition coefficient (Wildman–Crippen LogP) is 3.84. The number of nitrogens with zero attached hydrogens (tertiary/aromatic N) is 2. The first kappa shape index (κ1) is 15.2. The summed E-state index contributed by atoms with van der Waals surface area (Å²) >= 11 is 1.46. The predicted molar refractivity (Wildman–Crippen MR) is 82.8 cm³/mol. The van der Waals surface area contributed by atoms with E-state index in [1.807, 2.05) is 0 Å². The molecule has 20 heavy (non-hydrogen) atoms. The van der Waals surface area contributed by atoms with Crippen LogP contribution in [0.25, 0.3) is 0 Å². The molecule has 1 amide bonds. The van der Waals surface area contributed by atoms with Gasteiger partial charge in [0.05, 0.1) is 5.92 Å². The zero-order valence-electron chi connectivity index (χ0n) is 13.0. The second-order valence-electron chi connectivity index (χ2n) is 6.66. The molecule has 1 N–H and O–H groups in total. The molecule has 5 heteroatoms. The lowest BCUT2D eigenvalue weighted by atomic mass is 10.1. The van der Waals surface area contributed by atoms with Crippen molar-refractivity contribution < 1.29 is 4.79 Å². The molecule has 0 unspecified atom stereocenters. The van der Waals surface area contributed by atoms with Crippen LogP contribution in [0.5, 0.6) is 0 Å². The summed E-state index contributed by atoms with van der Waals surface area (Å²) in [6.45, 7) is 12.6. The van der Waals surface area contributed by atoms with E-state index < -0.39 is 0 Å². The summed E-state index contributed by atoms with van der Waals surface area (Å²) in [5.41, 5.74) is 1.30. The van der Waals surface area contributed by atoms with E-state index in [1.165, 1.54) is 16.9 Å². The van der Waals surface area contributed by atoms with Gasteiger partial charge in [-0.05, 0) is 25.2 Å². The smallest absolute Gasteiger partial charge is 0.230 e. The first-order valence-electron chi connectivity index (χ1n) is 7.02. The number of hydrogen-bond acceptors (Lipinski definition) is 4. The Morgan fingerprint density at radius 1 is 1.35 bits per heavy atom. The summed E-state index contributed by atoms with van der Waals surface area (Å²) < 4.78 is 0. The van der Waals surface area contributed by atoms with Gasteiger partial charge in [0, 0.05) is 5.92 Å². The lowest BCUT2D eigenvalue weighted by Gasteiger charge is -2.02. The van der Waals surface area contributed by atoms with Gasteiger partial charge in [-0.2, -0.15) is 0 Å². The van der Waals surface area contributed by atoms with Crippen LogP contribution in [-0.2, 0) is 4.79 Å². The molecule has 2 rings (SSSR count). The van der Waals surface area contributed by atoms with E-state index in [2.05, 4.69) is 63.1 Å². The number of allylic oxidation sites excluding steroid dienone is 2. The van der Waals surface area contributed by atoms with Crippen LogP contribution in [0.15, 0.2) is 11.6 Å². The zero-order valence-corrected chi connectivity index (χ0v) is 13.8. The molecular weight excluding hydrogens is 270 g/mol. The molecule has 0 radical (unpaired) electrons. The third kappa shape index (κ3) is 2.92. The van der Waals surface area contributed by atoms with Gasteiger partial charge in [-0.3, -0.25) is 4.79 Å². The van der Waals surface area contributed by atoms with Crippen molar-refractivity contribution in [2.24, 2.45) is 17.3 Å². The summed E-state index contributed by atoms with van der Waals surface area (Å²) in [5.74, 6) is 0.756. The number of hydrogen-bond donors (Lipinski definition) is 1. The summed E-state index contributed by atoms with van der Waals surface area (Å²) in [4.78, 5) is 12.4. The molecule has 0 aliphatic heterocycles. The van der Waals surface area contributed by atoms with Gasteiger partial charge in [0.2, 0.25) is 11.0 Å². The van der Waals surface area contributed by atoms with Crippen LogP contribution in [0.2, 0.25) is 0 Å². The molecule has 1 saturated carbocycles. The number of carbonyl (C=O) groups is 1. The van der Waals surface area contributed by atoms with Gasteiger partial charge in [0.1, 0.15) is 5.01 Å². The number of rotatable bonds is 4. The van der Waals surface area contributed by atoms with Gasteiger partial charge >= 0.3 is 0 Å². The highest BCUT2D eigenvalue weighted by molar-refractivity contribution is 7.15. The van der Waals surface area contributed by atoms with Crippen LogP contribution < -0.4 is 5.32 Å². The van der Waals surface area contributed by atoms with Crippen molar-refractivity contribution in [3.8, 4) is 0 Å². The highest BCUT2D eigenvalue weighted by atomic mass is 32.1. The van der Waals surface area contributed by atoms with Crippen LogP contribution in [-0.4, -0.2) is 16.1 Å². The molecule has 0 aromatic carbocycles. The SMILES string of the molecule is CC(C)=C[C@@H]1[C@@H](C(=O)Nc2nnc(C(C)C)s2)C1(C)C. The van der Waals surface area contributed by atoms with E-state index in [0.717, 1.165) is 5.01 Å². The minimum atomic E-state index is 0.0313. The monoisotopic (exact) mass is 293 g/mol. The molecular formula is C15H23N3OS. The Morgan fingerprint density at radius 2 is 2.00 bits per heavy atom. The third-order valence-electron chi connectivity index (χ3n) is 3.87. The number of nitrogens with one attached hydrogen (secondary N) is 1. The summed E-state index contributed by atoms with van der Waals surface area (Å²) in [7, 11) is 0. The number of anilines is 1. The first-order chi connectivity index (χ1) is 9.23. The fraction of sp³-hybridized carbons (Fsp3) is 0.667. The van der Waals surface area contributed by atoms with Gasteiger partial charge in [0.15, 0.2) is 0 Å². The Labute approximate surface area is 124 Å². The van der Waals surface area contributed by atoms with Crippen LogP contribution in [0.1, 0.15) is 52.5 Å². The molecule has 1 fully saturated rings. The van der Waals surface area contributed by atoms with Crippen molar-refractivity contribution in [3.05, 3.63) is 16.7 Å². The maximum atomic E-state index is 12.4. The Bertz CT molecular complexity index is 541. The van der Waals surface area contributed by atoms with Crippen LogP contribution >= 0.6 is 11.3 Å². The molecule has 2 atom stereocenters. The second kappa shape index (κ2) is 5.28. The van der Waals surface area contributed by atoms with E-state index >= 15 is 0 Å². The molecule has 110 valence electrons.